The van der Waals surface area contributed by atoms with Gasteiger partial charge in [-0.3, -0.25) is 9.59 Å². The Morgan fingerprint density at radius 3 is 1.28 bits per heavy atom. The third kappa shape index (κ3) is 3.26. The molecule has 0 aromatic carbocycles. The van der Waals surface area contributed by atoms with Crippen molar-refractivity contribution in [2.75, 3.05) is 14.1 Å². The minimum absolute atomic E-state index is 0.0762. The Bertz CT molecular complexity index is 431. The minimum atomic E-state index is -0.278. The first-order valence-electron chi connectivity index (χ1n) is 4.95. The molecule has 0 atom stereocenters. The molecular weight excluding hydrogens is 612 g/mol. The van der Waals surface area contributed by atoms with Crippen LogP contribution in [-0.2, 0) is 14.5 Å². The standard InChI is InChI=1S/C10H12N2O2.3HI.V/c1-5-7-8(10(14)11(5)3)6(2)12(4)9(7)13;;;;/h1-4H3;3*1H;/q;;;;+3/p-3. The molecule has 0 saturated carbocycles. The van der Waals surface area contributed by atoms with Crippen LogP contribution in [0.15, 0.2) is 22.5 Å². The van der Waals surface area contributed by atoms with E-state index in [0.717, 1.165) is 11.4 Å². The molecule has 0 aliphatic carbocycles. The second kappa shape index (κ2) is 6.77. The molecule has 0 aromatic rings. The summed E-state index contributed by atoms with van der Waals surface area (Å²) in [7, 11) is 3.38. The van der Waals surface area contributed by atoms with E-state index in [4.69, 9.17) is 0 Å². The number of amides is 2. The monoisotopic (exact) mass is 624 g/mol. The van der Waals surface area contributed by atoms with Crippen LogP contribution in [0.4, 0.5) is 0 Å². The van der Waals surface area contributed by atoms with Gasteiger partial charge >= 0.3 is 64.9 Å². The third-order valence-electron chi connectivity index (χ3n) is 3.02. The number of halogens is 3. The molecule has 2 rings (SSSR count). The molecule has 2 aliphatic heterocycles. The van der Waals surface area contributed by atoms with E-state index in [2.05, 4.69) is 59.9 Å². The molecule has 4 nitrogen and oxygen atoms in total. The average molecular weight is 624 g/mol. The summed E-state index contributed by atoms with van der Waals surface area (Å²) in [5.74, 6) is -0.152. The molecule has 18 heavy (non-hydrogen) atoms. The van der Waals surface area contributed by atoms with Gasteiger partial charge in [-0.15, -0.1) is 0 Å². The second-order valence-electron chi connectivity index (χ2n) is 3.84. The van der Waals surface area contributed by atoms with Gasteiger partial charge in [-0.05, 0) is 13.8 Å². The van der Waals surface area contributed by atoms with E-state index in [9.17, 15) is 9.59 Å². The summed E-state index contributed by atoms with van der Waals surface area (Å²) < 4.78 is 0. The third-order valence-corrected chi connectivity index (χ3v) is 3.02. The van der Waals surface area contributed by atoms with Crippen molar-refractivity contribution in [2.45, 2.75) is 13.8 Å². The van der Waals surface area contributed by atoms with Crippen molar-refractivity contribution in [3.8, 4) is 0 Å². The van der Waals surface area contributed by atoms with Crippen LogP contribution in [0, 0.1) is 0 Å². The summed E-state index contributed by atoms with van der Waals surface area (Å²) in [5.41, 5.74) is 2.63. The summed E-state index contributed by atoms with van der Waals surface area (Å²) in [6.07, 6.45) is 0. The fourth-order valence-electron chi connectivity index (χ4n) is 1.86. The van der Waals surface area contributed by atoms with Gasteiger partial charge in [-0.1, -0.05) is 0 Å². The van der Waals surface area contributed by atoms with E-state index in [0.29, 0.717) is 11.1 Å². The first kappa shape index (κ1) is 17.2. The number of hydrogen-bond donors (Lipinski definition) is 0. The Labute approximate surface area is 144 Å². The van der Waals surface area contributed by atoms with Crippen LogP contribution in [0.25, 0.3) is 0 Å². The van der Waals surface area contributed by atoms with Gasteiger partial charge < -0.3 is 9.80 Å². The van der Waals surface area contributed by atoms with Crippen LogP contribution in [0.2, 0.25) is 0 Å². The van der Waals surface area contributed by atoms with Crippen LogP contribution in [0.3, 0.4) is 0 Å². The maximum absolute atomic E-state index is 11.7. The van der Waals surface area contributed by atoms with Gasteiger partial charge in [-0.2, -0.15) is 0 Å². The molecule has 0 saturated heterocycles. The Kier molecular flexibility index (Phi) is 6.48. The van der Waals surface area contributed by atoms with Gasteiger partial charge in [0.15, 0.2) is 0 Å². The molecule has 0 N–H and O–H groups in total. The summed E-state index contributed by atoms with van der Waals surface area (Å²) in [6.45, 7) is 3.59. The summed E-state index contributed by atoms with van der Waals surface area (Å²) >= 11 is 7.39. The predicted molar refractivity (Wildman–Crippen MR) is 93.0 cm³/mol. The molecular formula is C10H12I3N2O2V. The number of allylic oxidation sites excluding steroid dienone is 2. The summed E-state index contributed by atoms with van der Waals surface area (Å²) in [4.78, 5) is 26.3. The SMILES string of the molecule is CC1=C2C(=O)N(C)C(C)=C2C(=O)N1C.[I][V]([I])[I]. The maximum atomic E-state index is 11.7. The fourth-order valence-corrected chi connectivity index (χ4v) is 1.86. The first-order chi connectivity index (χ1) is 8.20. The number of carbonyl (C=O) groups excluding carboxylic acids is 2. The van der Waals surface area contributed by atoms with Gasteiger partial charge in [0.25, 0.3) is 11.8 Å². The van der Waals surface area contributed by atoms with E-state index in [1.54, 1.807) is 27.9 Å². The molecule has 100 valence electrons. The zero-order valence-corrected chi connectivity index (χ0v) is 18.2. The van der Waals surface area contributed by atoms with E-state index in [1.165, 1.54) is 9.80 Å². The number of carbonyl (C=O) groups is 2. The number of nitrogens with zero attached hydrogens (tertiary/aromatic N) is 2. The van der Waals surface area contributed by atoms with Crippen LogP contribution in [0.5, 0.6) is 0 Å². The molecule has 0 bridgehead atoms. The van der Waals surface area contributed by atoms with Gasteiger partial charge in [0.05, 0.1) is 11.1 Å². The zero-order chi connectivity index (χ0) is 14.2. The van der Waals surface area contributed by atoms with E-state index < -0.39 is 0 Å². The fraction of sp³-hybridized carbons (Fsp3) is 0.400. The van der Waals surface area contributed by atoms with Gasteiger partial charge in [-0.25, -0.2) is 0 Å². The van der Waals surface area contributed by atoms with E-state index in [-0.39, 0.29) is 16.7 Å². The van der Waals surface area contributed by atoms with Gasteiger partial charge in [0.2, 0.25) is 0 Å². The van der Waals surface area contributed by atoms with Crippen molar-refractivity contribution in [3.63, 3.8) is 0 Å². The van der Waals surface area contributed by atoms with Crippen LogP contribution in [-0.4, -0.2) is 35.7 Å². The van der Waals surface area contributed by atoms with Crippen molar-refractivity contribution in [1.29, 1.82) is 0 Å². The molecule has 2 amide bonds. The van der Waals surface area contributed by atoms with Crippen LogP contribution in [0.1, 0.15) is 13.8 Å². The molecule has 2 heterocycles. The number of hydrogen-bond acceptors (Lipinski definition) is 2. The summed E-state index contributed by atoms with van der Waals surface area (Å²) in [5, 5.41) is 0. The van der Waals surface area contributed by atoms with E-state index in [1.807, 2.05) is 0 Å². The molecule has 0 aromatic heterocycles. The molecule has 0 unspecified atom stereocenters. The van der Waals surface area contributed by atoms with Crippen LogP contribution >= 0.6 is 59.9 Å². The second-order valence-corrected chi connectivity index (χ2v) is 39.2. The molecule has 0 radical (unpaired) electrons. The number of fused-ring (bicyclic) bond motifs is 1. The Hall–Kier alpha value is 1.19. The first-order valence-corrected chi connectivity index (χ1v) is 18.5. The van der Waals surface area contributed by atoms with Gasteiger partial charge in [0, 0.05) is 25.5 Å². The molecule has 2 aliphatic rings. The normalized spacial score (nSPS) is 18.9. The molecule has 0 fully saturated rings. The topological polar surface area (TPSA) is 40.6 Å². The van der Waals surface area contributed by atoms with Crippen molar-refractivity contribution in [1.82, 2.24) is 9.80 Å². The predicted octanol–water partition coefficient (Wildman–Crippen LogP) is 3.13. The molecule has 0 spiro atoms. The zero-order valence-electron chi connectivity index (χ0n) is 10.3. The van der Waals surface area contributed by atoms with E-state index >= 15 is 0 Å². The molecule has 8 heteroatoms. The average Bonchev–Trinajstić information content (AvgIpc) is 2.62. The summed E-state index contributed by atoms with van der Waals surface area (Å²) in [6, 6.07) is 0. The Morgan fingerprint density at radius 2 is 1.06 bits per heavy atom. The number of likely N-dealkylation sites (N-methyl/N-ethyl adjacent to an activating group) is 2. The van der Waals surface area contributed by atoms with Gasteiger partial charge in [0.1, 0.15) is 0 Å². The van der Waals surface area contributed by atoms with Crippen molar-refractivity contribution >= 4 is 71.8 Å². The van der Waals surface area contributed by atoms with Crippen molar-refractivity contribution in [3.05, 3.63) is 22.5 Å². The number of rotatable bonds is 0. The quantitative estimate of drug-likeness (QED) is 0.390. The van der Waals surface area contributed by atoms with Crippen molar-refractivity contribution in [2.24, 2.45) is 0 Å². The Morgan fingerprint density at radius 1 is 0.833 bits per heavy atom. The Balaban J connectivity index is 0.000000357. The van der Waals surface area contributed by atoms with Crippen LogP contribution < -0.4 is 0 Å². The van der Waals surface area contributed by atoms with Crippen molar-refractivity contribution < 1.29 is 14.5 Å².